The van der Waals surface area contributed by atoms with Crippen LogP contribution in [-0.2, 0) is 21.2 Å². The fourth-order valence-corrected chi connectivity index (χ4v) is 4.97. The third-order valence-corrected chi connectivity index (χ3v) is 7.56. The Kier molecular flexibility index (Phi) is 8.63. The summed E-state index contributed by atoms with van der Waals surface area (Å²) < 4.78 is 26.0. The summed E-state index contributed by atoms with van der Waals surface area (Å²) in [6, 6.07) is 16.1. The molecule has 0 aromatic heterocycles. The monoisotopic (exact) mass is 471 g/mol. The Bertz CT molecular complexity index is 1030. The van der Waals surface area contributed by atoms with E-state index in [0.29, 0.717) is 38.0 Å². The maximum atomic E-state index is 13.1. The second-order valence-electron chi connectivity index (χ2n) is 8.33. The van der Waals surface area contributed by atoms with Gasteiger partial charge in [0.1, 0.15) is 0 Å². The van der Waals surface area contributed by atoms with Crippen LogP contribution in [0.5, 0.6) is 0 Å². The van der Waals surface area contributed by atoms with Gasteiger partial charge in [0.05, 0.1) is 4.90 Å². The normalized spacial score (nSPS) is 14.8. The molecule has 7 nitrogen and oxygen atoms in total. The van der Waals surface area contributed by atoms with Crippen LogP contribution in [0.4, 0.5) is 0 Å². The molecule has 0 aliphatic carbocycles. The van der Waals surface area contributed by atoms with Gasteiger partial charge in [-0.15, -0.1) is 0 Å². The Hall–Kier alpha value is -2.71. The van der Waals surface area contributed by atoms with Crippen LogP contribution in [0.3, 0.4) is 0 Å². The quantitative estimate of drug-likeness (QED) is 0.609. The number of aryl methyl sites for hydroxylation is 1. The van der Waals surface area contributed by atoms with Crippen molar-refractivity contribution in [3.8, 4) is 0 Å². The van der Waals surface area contributed by atoms with Crippen molar-refractivity contribution < 1.29 is 18.0 Å². The Balaban J connectivity index is 1.55. The minimum Gasteiger partial charge on any atom is -0.340 e. The molecule has 1 aliphatic rings. The molecule has 1 fully saturated rings. The lowest BCUT2D eigenvalue weighted by Gasteiger charge is -2.38. The first-order chi connectivity index (χ1) is 15.9. The zero-order chi connectivity index (χ0) is 23.8. The maximum Gasteiger partial charge on any atom is 0.253 e. The first kappa shape index (κ1) is 24.9. The lowest BCUT2D eigenvalue weighted by Crippen LogP contribution is -2.49. The Morgan fingerprint density at radius 1 is 1.03 bits per heavy atom. The summed E-state index contributed by atoms with van der Waals surface area (Å²) in [5, 5.41) is 0. The molecule has 1 aliphatic heterocycles. The summed E-state index contributed by atoms with van der Waals surface area (Å²) in [5.41, 5.74) is 1.63. The molecule has 2 amide bonds. The Morgan fingerprint density at radius 3 is 2.24 bits per heavy atom. The molecule has 1 heterocycles. The standard InChI is InChI=1S/C25H33N3O4S/c1-3-17-28(22-15-18-27(19-16-22)25(30)21-7-5-4-6-8-21)24(29)14-11-20-9-12-23(13-10-20)33(31,32)26-2/h4-10,12-13,22,26H,3,11,14-19H2,1-2H3. The molecule has 0 spiro atoms. The molecule has 0 unspecified atom stereocenters. The van der Waals surface area contributed by atoms with Gasteiger partial charge in [0, 0.05) is 37.7 Å². The van der Waals surface area contributed by atoms with Crippen molar-refractivity contribution >= 4 is 21.8 Å². The van der Waals surface area contributed by atoms with Gasteiger partial charge in [-0.1, -0.05) is 37.3 Å². The largest absolute Gasteiger partial charge is 0.340 e. The lowest BCUT2D eigenvalue weighted by atomic mass is 10.0. The molecular formula is C25H33N3O4S. The number of carbonyl (C=O) groups is 2. The predicted octanol–water partition coefficient (Wildman–Crippen LogP) is 3.07. The van der Waals surface area contributed by atoms with Crippen molar-refractivity contribution in [3.63, 3.8) is 0 Å². The van der Waals surface area contributed by atoms with Crippen LogP contribution in [0.2, 0.25) is 0 Å². The van der Waals surface area contributed by atoms with E-state index in [4.69, 9.17) is 0 Å². The van der Waals surface area contributed by atoms with Crippen LogP contribution in [0, 0.1) is 0 Å². The first-order valence-electron chi connectivity index (χ1n) is 11.5. The minimum absolute atomic E-state index is 0.0474. The molecule has 8 heteroatoms. The van der Waals surface area contributed by atoms with Gasteiger partial charge in [-0.05, 0) is 62.6 Å². The van der Waals surface area contributed by atoms with Crippen LogP contribution in [0.1, 0.15) is 48.5 Å². The highest BCUT2D eigenvalue weighted by atomic mass is 32.2. The predicted molar refractivity (Wildman–Crippen MR) is 128 cm³/mol. The van der Waals surface area contributed by atoms with Gasteiger partial charge >= 0.3 is 0 Å². The zero-order valence-electron chi connectivity index (χ0n) is 19.4. The highest BCUT2D eigenvalue weighted by molar-refractivity contribution is 7.89. The van der Waals surface area contributed by atoms with E-state index >= 15 is 0 Å². The number of hydrogen-bond acceptors (Lipinski definition) is 4. The van der Waals surface area contributed by atoms with Gasteiger partial charge < -0.3 is 9.80 Å². The molecule has 2 aromatic carbocycles. The Morgan fingerprint density at radius 2 is 1.67 bits per heavy atom. The van der Waals surface area contributed by atoms with Crippen LogP contribution in [0.25, 0.3) is 0 Å². The number of likely N-dealkylation sites (tertiary alicyclic amines) is 1. The second-order valence-corrected chi connectivity index (χ2v) is 10.2. The van der Waals surface area contributed by atoms with Crippen LogP contribution in [0.15, 0.2) is 59.5 Å². The Labute approximate surface area is 196 Å². The van der Waals surface area contributed by atoms with Crippen molar-refractivity contribution in [3.05, 3.63) is 65.7 Å². The molecular weight excluding hydrogens is 438 g/mol. The summed E-state index contributed by atoms with van der Waals surface area (Å²) in [6.45, 7) is 4.06. The zero-order valence-corrected chi connectivity index (χ0v) is 20.2. The fraction of sp³-hybridized carbons (Fsp3) is 0.440. The van der Waals surface area contributed by atoms with Gasteiger partial charge in [0.25, 0.3) is 5.91 Å². The number of benzene rings is 2. The number of piperidine rings is 1. The number of sulfonamides is 1. The van der Waals surface area contributed by atoms with Crippen molar-refractivity contribution in [1.82, 2.24) is 14.5 Å². The molecule has 1 saturated heterocycles. The van der Waals surface area contributed by atoms with E-state index < -0.39 is 10.0 Å². The first-order valence-corrected chi connectivity index (χ1v) is 13.0. The lowest BCUT2D eigenvalue weighted by molar-refractivity contribution is -0.134. The smallest absolute Gasteiger partial charge is 0.253 e. The van der Waals surface area contributed by atoms with E-state index in [2.05, 4.69) is 11.6 Å². The molecule has 33 heavy (non-hydrogen) atoms. The average molecular weight is 472 g/mol. The molecule has 1 N–H and O–H groups in total. The molecule has 3 rings (SSSR count). The minimum atomic E-state index is -3.46. The average Bonchev–Trinajstić information content (AvgIpc) is 2.86. The highest BCUT2D eigenvalue weighted by Crippen LogP contribution is 2.21. The number of nitrogens with zero attached hydrogens (tertiary/aromatic N) is 2. The molecule has 0 atom stereocenters. The number of amides is 2. The second kappa shape index (κ2) is 11.4. The van der Waals surface area contributed by atoms with E-state index in [9.17, 15) is 18.0 Å². The van der Waals surface area contributed by atoms with Crippen LogP contribution in [-0.4, -0.2) is 62.8 Å². The molecule has 2 aromatic rings. The van der Waals surface area contributed by atoms with Gasteiger partial charge in [0.15, 0.2) is 0 Å². The third-order valence-electron chi connectivity index (χ3n) is 6.13. The van der Waals surface area contributed by atoms with Gasteiger partial charge in [0.2, 0.25) is 15.9 Å². The van der Waals surface area contributed by atoms with Gasteiger partial charge in [-0.2, -0.15) is 0 Å². The topological polar surface area (TPSA) is 86.8 Å². The van der Waals surface area contributed by atoms with Crippen molar-refractivity contribution in [2.24, 2.45) is 0 Å². The van der Waals surface area contributed by atoms with Crippen LogP contribution < -0.4 is 4.72 Å². The van der Waals surface area contributed by atoms with Gasteiger partial charge in [-0.3, -0.25) is 9.59 Å². The number of nitrogens with one attached hydrogen (secondary N) is 1. The molecule has 0 saturated carbocycles. The summed E-state index contributed by atoms with van der Waals surface area (Å²) in [7, 11) is -2.08. The SMILES string of the molecule is CCCN(C(=O)CCc1ccc(S(=O)(=O)NC)cc1)C1CCN(C(=O)c2ccccc2)CC1. The van der Waals surface area contributed by atoms with E-state index in [-0.39, 0.29) is 22.8 Å². The maximum absolute atomic E-state index is 13.1. The molecule has 178 valence electrons. The van der Waals surface area contributed by atoms with Gasteiger partial charge in [-0.25, -0.2) is 13.1 Å². The summed E-state index contributed by atoms with van der Waals surface area (Å²) in [5.74, 6) is 0.155. The van der Waals surface area contributed by atoms with Crippen molar-refractivity contribution in [2.45, 2.75) is 50.0 Å². The van der Waals surface area contributed by atoms with E-state index in [0.717, 1.165) is 24.8 Å². The number of carbonyl (C=O) groups excluding carboxylic acids is 2. The number of hydrogen-bond donors (Lipinski definition) is 1. The van der Waals surface area contributed by atoms with Crippen LogP contribution >= 0.6 is 0 Å². The summed E-state index contributed by atoms with van der Waals surface area (Å²) in [6.07, 6.45) is 3.37. The van der Waals surface area contributed by atoms with E-state index in [1.165, 1.54) is 7.05 Å². The molecule has 0 bridgehead atoms. The van der Waals surface area contributed by atoms with E-state index in [1.54, 1.807) is 24.3 Å². The summed E-state index contributed by atoms with van der Waals surface area (Å²) in [4.78, 5) is 29.8. The summed E-state index contributed by atoms with van der Waals surface area (Å²) >= 11 is 0. The number of rotatable bonds is 9. The highest BCUT2D eigenvalue weighted by Gasteiger charge is 2.29. The third kappa shape index (κ3) is 6.42. The van der Waals surface area contributed by atoms with E-state index in [1.807, 2.05) is 40.1 Å². The fourth-order valence-electron chi connectivity index (χ4n) is 4.24. The van der Waals surface area contributed by atoms with Crippen molar-refractivity contribution in [1.29, 1.82) is 0 Å². The van der Waals surface area contributed by atoms with Crippen molar-refractivity contribution in [2.75, 3.05) is 26.7 Å². The molecule has 0 radical (unpaired) electrons.